The lowest BCUT2D eigenvalue weighted by molar-refractivity contribution is -0.666. The second kappa shape index (κ2) is 8.11. The van der Waals surface area contributed by atoms with Gasteiger partial charge in [-0.15, -0.1) is 0 Å². The Labute approximate surface area is 160 Å². The van der Waals surface area contributed by atoms with Crippen LogP contribution in [0.4, 0.5) is 5.95 Å². The highest BCUT2D eigenvalue weighted by atomic mass is 16.3. The molecule has 3 N–H and O–H groups in total. The molecule has 2 aromatic carbocycles. The van der Waals surface area contributed by atoms with E-state index < -0.39 is 6.10 Å². The predicted octanol–water partition coefficient (Wildman–Crippen LogP) is 2.73. The summed E-state index contributed by atoms with van der Waals surface area (Å²) in [6.07, 6.45) is 3.36. The van der Waals surface area contributed by atoms with Crippen LogP contribution in [0.3, 0.4) is 0 Å². The Kier molecular flexibility index (Phi) is 5.41. The van der Waals surface area contributed by atoms with Crippen molar-refractivity contribution in [3.8, 4) is 0 Å². The van der Waals surface area contributed by atoms with Crippen LogP contribution in [0.5, 0.6) is 0 Å². The molecule has 27 heavy (non-hydrogen) atoms. The van der Waals surface area contributed by atoms with E-state index in [2.05, 4.69) is 27.7 Å². The van der Waals surface area contributed by atoms with Gasteiger partial charge in [-0.2, -0.15) is 0 Å². The largest absolute Gasteiger partial charge is 0.385 e. The number of aliphatic hydroxyl groups excluding tert-OH is 1. The van der Waals surface area contributed by atoms with E-state index in [0.29, 0.717) is 12.5 Å². The number of anilines is 1. The SMILES string of the molecule is Nc1n(CCN2CCCCC2)c2ccccc2[n+]1C[C@@H](O)c1ccccc1. The number of aliphatic hydroxyl groups is 1. The zero-order valence-electron chi connectivity index (χ0n) is 15.8. The van der Waals surface area contributed by atoms with E-state index in [1.165, 1.54) is 32.4 Å². The zero-order valence-corrected chi connectivity index (χ0v) is 15.8. The van der Waals surface area contributed by atoms with Crippen molar-refractivity contribution in [2.24, 2.45) is 0 Å². The second-order valence-corrected chi connectivity index (χ2v) is 7.44. The van der Waals surface area contributed by atoms with Crippen molar-refractivity contribution >= 4 is 17.0 Å². The molecule has 0 unspecified atom stereocenters. The average molecular weight is 366 g/mol. The standard InChI is InChI=1S/C22H28N4O/c23-22-25(16-15-24-13-7-2-8-14-24)19-11-5-6-12-20(19)26(22)17-21(27)18-9-3-1-4-10-18/h1,3-6,9-12,21,23,27H,2,7-8,13-17H2/p+1/t21-/m1/s1. The molecule has 1 fully saturated rings. The van der Waals surface area contributed by atoms with Crippen LogP contribution in [-0.2, 0) is 13.1 Å². The summed E-state index contributed by atoms with van der Waals surface area (Å²) in [6, 6.07) is 18.1. The van der Waals surface area contributed by atoms with E-state index in [9.17, 15) is 5.11 Å². The molecule has 0 radical (unpaired) electrons. The summed E-state index contributed by atoms with van der Waals surface area (Å²) >= 11 is 0. The fourth-order valence-corrected chi connectivity index (χ4v) is 4.12. The molecule has 142 valence electrons. The third-order valence-electron chi connectivity index (χ3n) is 5.64. The highest BCUT2D eigenvalue weighted by molar-refractivity contribution is 5.73. The van der Waals surface area contributed by atoms with Gasteiger partial charge in [0.05, 0.1) is 6.54 Å². The number of hydrogen-bond acceptors (Lipinski definition) is 3. The molecule has 1 aliphatic rings. The van der Waals surface area contributed by atoms with Crippen LogP contribution in [0, 0.1) is 0 Å². The minimum atomic E-state index is -0.583. The maximum atomic E-state index is 10.7. The van der Waals surface area contributed by atoms with Crippen molar-refractivity contribution in [2.45, 2.75) is 38.5 Å². The van der Waals surface area contributed by atoms with Crippen molar-refractivity contribution in [1.29, 1.82) is 0 Å². The fraction of sp³-hybridized carbons (Fsp3) is 0.409. The monoisotopic (exact) mass is 365 g/mol. The van der Waals surface area contributed by atoms with E-state index in [-0.39, 0.29) is 0 Å². The molecule has 2 heterocycles. The lowest BCUT2D eigenvalue weighted by Crippen LogP contribution is -2.40. The smallest absolute Gasteiger partial charge is 0.356 e. The highest BCUT2D eigenvalue weighted by Crippen LogP contribution is 2.20. The molecule has 4 rings (SSSR count). The van der Waals surface area contributed by atoms with Crippen LogP contribution in [0.2, 0.25) is 0 Å². The van der Waals surface area contributed by atoms with E-state index in [1.54, 1.807) is 0 Å². The molecule has 5 heteroatoms. The Morgan fingerprint density at radius 3 is 2.41 bits per heavy atom. The number of nitrogen functional groups attached to an aromatic ring is 1. The lowest BCUT2D eigenvalue weighted by Gasteiger charge is -2.25. The number of imidazole rings is 1. The topological polar surface area (TPSA) is 58.3 Å². The average Bonchev–Trinajstić information content (AvgIpc) is 2.99. The highest BCUT2D eigenvalue weighted by Gasteiger charge is 2.24. The fourth-order valence-electron chi connectivity index (χ4n) is 4.12. The first kappa shape index (κ1) is 18.0. The predicted molar refractivity (Wildman–Crippen MR) is 108 cm³/mol. The normalized spacial score (nSPS) is 16.6. The van der Waals surface area contributed by atoms with Crippen LogP contribution in [0.1, 0.15) is 30.9 Å². The van der Waals surface area contributed by atoms with Crippen LogP contribution >= 0.6 is 0 Å². The van der Waals surface area contributed by atoms with Gasteiger partial charge in [0.2, 0.25) is 0 Å². The van der Waals surface area contributed by atoms with Crippen LogP contribution in [-0.4, -0.2) is 34.2 Å². The van der Waals surface area contributed by atoms with Crippen molar-refractivity contribution < 1.29 is 9.67 Å². The maximum absolute atomic E-state index is 10.7. The lowest BCUT2D eigenvalue weighted by atomic mass is 10.1. The number of nitrogens with two attached hydrogens (primary N) is 1. The van der Waals surface area contributed by atoms with Crippen LogP contribution < -0.4 is 10.3 Å². The first-order chi connectivity index (χ1) is 13.2. The maximum Gasteiger partial charge on any atom is 0.356 e. The summed E-state index contributed by atoms with van der Waals surface area (Å²) in [4.78, 5) is 2.53. The van der Waals surface area contributed by atoms with Gasteiger partial charge in [0.25, 0.3) is 0 Å². The number of para-hydroxylation sites is 2. The molecule has 0 amide bonds. The molecule has 0 saturated carbocycles. The van der Waals surface area contributed by atoms with Gasteiger partial charge in [0.1, 0.15) is 23.7 Å². The Morgan fingerprint density at radius 1 is 0.926 bits per heavy atom. The third kappa shape index (κ3) is 3.84. The molecule has 0 aliphatic carbocycles. The molecule has 5 nitrogen and oxygen atoms in total. The number of nitrogens with zero attached hydrogens (tertiary/aromatic N) is 3. The summed E-state index contributed by atoms with van der Waals surface area (Å²) < 4.78 is 4.24. The van der Waals surface area contributed by atoms with Crippen molar-refractivity contribution in [1.82, 2.24) is 9.47 Å². The molecule has 0 bridgehead atoms. The molecule has 0 spiro atoms. The van der Waals surface area contributed by atoms with Crippen molar-refractivity contribution in [2.75, 3.05) is 25.4 Å². The van der Waals surface area contributed by atoms with Gasteiger partial charge < -0.3 is 10.0 Å². The Hall–Kier alpha value is -2.37. The molecule has 3 aromatic rings. The van der Waals surface area contributed by atoms with Gasteiger partial charge in [0.15, 0.2) is 0 Å². The summed E-state index contributed by atoms with van der Waals surface area (Å²) in [5.74, 6) is 0.711. The zero-order chi connectivity index (χ0) is 18.6. The van der Waals surface area contributed by atoms with Gasteiger partial charge in [0, 0.05) is 6.54 Å². The first-order valence-electron chi connectivity index (χ1n) is 9.96. The van der Waals surface area contributed by atoms with Crippen molar-refractivity contribution in [3.63, 3.8) is 0 Å². The minimum Gasteiger partial charge on any atom is -0.385 e. The van der Waals surface area contributed by atoms with Crippen LogP contribution in [0.25, 0.3) is 11.0 Å². The van der Waals surface area contributed by atoms with E-state index >= 15 is 0 Å². The van der Waals surface area contributed by atoms with E-state index in [1.807, 2.05) is 41.0 Å². The Bertz CT molecular complexity index is 884. The minimum absolute atomic E-state index is 0.451. The van der Waals surface area contributed by atoms with E-state index in [4.69, 9.17) is 5.73 Å². The van der Waals surface area contributed by atoms with E-state index in [0.717, 1.165) is 29.7 Å². The Balaban J connectivity index is 1.60. The number of rotatable bonds is 6. The van der Waals surface area contributed by atoms with Gasteiger partial charge in [-0.1, -0.05) is 48.9 Å². The molecule has 1 aromatic heterocycles. The van der Waals surface area contributed by atoms with Crippen LogP contribution in [0.15, 0.2) is 54.6 Å². The molecule has 1 atom stereocenters. The molecule has 1 saturated heterocycles. The van der Waals surface area contributed by atoms with Crippen molar-refractivity contribution in [3.05, 3.63) is 60.2 Å². The number of benzene rings is 2. The number of piperidine rings is 1. The summed E-state index contributed by atoms with van der Waals surface area (Å²) in [5.41, 5.74) is 9.67. The van der Waals surface area contributed by atoms with Gasteiger partial charge in [-0.05, 0) is 43.6 Å². The summed E-state index contributed by atoms with van der Waals surface area (Å²) in [5, 5.41) is 10.7. The quantitative estimate of drug-likeness (QED) is 0.661. The number of likely N-dealkylation sites (tertiary alicyclic amines) is 1. The molecular weight excluding hydrogens is 336 g/mol. The molecular formula is C22H29N4O+. The second-order valence-electron chi connectivity index (χ2n) is 7.44. The Morgan fingerprint density at radius 2 is 1.63 bits per heavy atom. The third-order valence-corrected chi connectivity index (χ3v) is 5.64. The van der Waals surface area contributed by atoms with Gasteiger partial charge in [-0.3, -0.25) is 5.73 Å². The van der Waals surface area contributed by atoms with Gasteiger partial charge >= 0.3 is 5.95 Å². The molecule has 1 aliphatic heterocycles. The summed E-state index contributed by atoms with van der Waals surface area (Å²) in [6.45, 7) is 4.72. The summed E-state index contributed by atoms with van der Waals surface area (Å²) in [7, 11) is 0. The number of aromatic nitrogens is 2. The number of fused-ring (bicyclic) bond motifs is 1. The van der Waals surface area contributed by atoms with Gasteiger partial charge in [-0.25, -0.2) is 9.13 Å². The first-order valence-corrected chi connectivity index (χ1v) is 9.96. The number of hydrogen-bond donors (Lipinski definition) is 2.